The van der Waals surface area contributed by atoms with Crippen molar-refractivity contribution < 1.29 is 4.79 Å². The highest BCUT2D eigenvalue weighted by Crippen LogP contribution is 2.22. The topological polar surface area (TPSA) is 60.5 Å². The van der Waals surface area contributed by atoms with Crippen LogP contribution >= 0.6 is 0 Å². The minimum absolute atomic E-state index is 0.0146. The predicted octanol–water partition coefficient (Wildman–Crippen LogP) is 4.05. The van der Waals surface area contributed by atoms with E-state index in [0.717, 1.165) is 44.5 Å². The molecule has 2 aliphatic heterocycles. The third-order valence-corrected chi connectivity index (χ3v) is 7.31. The number of nitrogens with zero attached hydrogens (tertiary/aromatic N) is 3. The second-order valence-electron chi connectivity index (χ2n) is 9.82. The third kappa shape index (κ3) is 8.10. The van der Waals surface area contributed by atoms with Crippen LogP contribution in [0.5, 0.6) is 0 Å². The largest absolute Gasteiger partial charge is 0.369 e. The number of pyridine rings is 1. The maximum Gasteiger partial charge on any atom is 0.251 e. The second kappa shape index (κ2) is 13.4. The highest BCUT2D eigenvalue weighted by molar-refractivity contribution is 5.94. The van der Waals surface area contributed by atoms with Crippen molar-refractivity contribution in [2.45, 2.75) is 44.9 Å². The van der Waals surface area contributed by atoms with Gasteiger partial charge in [-0.3, -0.25) is 4.79 Å². The summed E-state index contributed by atoms with van der Waals surface area (Å²) in [5.41, 5.74) is 2.12. The number of hydrogen-bond acceptors (Lipinski definition) is 5. The molecule has 1 aromatic heterocycles. The van der Waals surface area contributed by atoms with Crippen molar-refractivity contribution in [3.63, 3.8) is 0 Å². The molecule has 0 atom stereocenters. The number of hydrogen-bond donors (Lipinski definition) is 2. The summed E-state index contributed by atoms with van der Waals surface area (Å²) in [6.07, 6.45) is 10.7. The van der Waals surface area contributed by atoms with Gasteiger partial charge in [0.2, 0.25) is 0 Å². The van der Waals surface area contributed by atoms with Gasteiger partial charge in [-0.15, -0.1) is 0 Å². The Kier molecular flexibility index (Phi) is 9.76. The maximum atomic E-state index is 12.6. The first-order valence-electron chi connectivity index (χ1n) is 13.2. The molecule has 3 heterocycles. The number of piperidine rings is 2. The lowest BCUT2D eigenvalue weighted by atomic mass is 9.90. The van der Waals surface area contributed by atoms with Crippen LogP contribution in [0.3, 0.4) is 0 Å². The van der Waals surface area contributed by atoms with Crippen molar-refractivity contribution in [2.24, 2.45) is 5.92 Å². The van der Waals surface area contributed by atoms with Crippen molar-refractivity contribution in [3.8, 4) is 0 Å². The molecule has 6 heteroatoms. The Bertz CT molecular complexity index is 860. The van der Waals surface area contributed by atoms with Crippen LogP contribution in [0.4, 0.5) is 5.82 Å². The second-order valence-corrected chi connectivity index (χ2v) is 9.82. The lowest BCUT2D eigenvalue weighted by Crippen LogP contribution is -2.39. The summed E-state index contributed by atoms with van der Waals surface area (Å²) < 4.78 is 0. The van der Waals surface area contributed by atoms with Crippen LogP contribution in [-0.2, 0) is 6.42 Å². The molecule has 2 aliphatic rings. The first kappa shape index (κ1) is 24.7. The molecule has 2 N–H and O–H groups in total. The molecule has 1 amide bonds. The Morgan fingerprint density at radius 1 is 0.912 bits per heavy atom. The number of carbonyl (C=O) groups excluding carboxylic acids is 1. The van der Waals surface area contributed by atoms with Crippen molar-refractivity contribution in [1.82, 2.24) is 20.1 Å². The zero-order valence-electron chi connectivity index (χ0n) is 20.6. The SMILES string of the molecule is O=C(NCCN1CCC(CCc2ccccc2)CC1)c1ccnc(NCCN2CCCCC2)c1. The van der Waals surface area contributed by atoms with E-state index in [0.29, 0.717) is 12.1 Å². The number of likely N-dealkylation sites (tertiary alicyclic amines) is 2. The molecule has 1 aromatic carbocycles. The summed E-state index contributed by atoms with van der Waals surface area (Å²) in [6.45, 7) is 8.16. The standard InChI is InChI=1S/C28H41N5O/c34-28(26-11-14-29-27(23-26)30-15-21-32-17-5-2-6-18-32)31-16-22-33-19-12-25(13-20-33)10-9-24-7-3-1-4-8-24/h1,3-4,7-8,11,14,23,25H,2,5-6,9-10,12-13,15-22H2,(H,29,30)(H,31,34). The van der Waals surface area contributed by atoms with E-state index in [4.69, 9.17) is 0 Å². The van der Waals surface area contributed by atoms with Gasteiger partial charge in [-0.2, -0.15) is 0 Å². The van der Waals surface area contributed by atoms with Gasteiger partial charge in [0.1, 0.15) is 5.82 Å². The Hall–Kier alpha value is -2.44. The summed E-state index contributed by atoms with van der Waals surface area (Å²) in [5.74, 6) is 1.59. The van der Waals surface area contributed by atoms with Gasteiger partial charge in [0.15, 0.2) is 0 Å². The molecule has 0 bridgehead atoms. The van der Waals surface area contributed by atoms with Crippen molar-refractivity contribution in [1.29, 1.82) is 0 Å². The van der Waals surface area contributed by atoms with Crippen LogP contribution in [0.1, 0.15) is 54.4 Å². The monoisotopic (exact) mass is 463 g/mol. The number of aromatic nitrogens is 1. The van der Waals surface area contributed by atoms with Crippen LogP contribution < -0.4 is 10.6 Å². The van der Waals surface area contributed by atoms with E-state index in [9.17, 15) is 4.79 Å². The molecule has 0 spiro atoms. The fourth-order valence-corrected chi connectivity index (χ4v) is 5.14. The number of anilines is 1. The van der Waals surface area contributed by atoms with Crippen LogP contribution in [0.15, 0.2) is 48.7 Å². The van der Waals surface area contributed by atoms with Crippen LogP contribution in [0, 0.1) is 5.92 Å². The quantitative estimate of drug-likeness (QED) is 0.526. The van der Waals surface area contributed by atoms with Gasteiger partial charge in [-0.1, -0.05) is 36.8 Å². The molecule has 0 aliphatic carbocycles. The fourth-order valence-electron chi connectivity index (χ4n) is 5.14. The molecule has 2 fully saturated rings. The average Bonchev–Trinajstić information content (AvgIpc) is 2.89. The summed E-state index contributed by atoms with van der Waals surface area (Å²) in [6, 6.07) is 14.5. The van der Waals surface area contributed by atoms with Gasteiger partial charge in [0.25, 0.3) is 5.91 Å². The van der Waals surface area contributed by atoms with E-state index >= 15 is 0 Å². The van der Waals surface area contributed by atoms with Crippen LogP contribution in [0.25, 0.3) is 0 Å². The van der Waals surface area contributed by atoms with Crippen LogP contribution in [0.2, 0.25) is 0 Å². The van der Waals surface area contributed by atoms with E-state index in [-0.39, 0.29) is 5.91 Å². The van der Waals surface area contributed by atoms with Crippen LogP contribution in [-0.4, -0.2) is 73.0 Å². The molecule has 2 aromatic rings. The summed E-state index contributed by atoms with van der Waals surface area (Å²) in [4.78, 5) is 22.0. The molecule has 184 valence electrons. The van der Waals surface area contributed by atoms with E-state index in [1.54, 1.807) is 12.3 Å². The molecular formula is C28H41N5O. The van der Waals surface area contributed by atoms with Gasteiger partial charge >= 0.3 is 0 Å². The zero-order valence-corrected chi connectivity index (χ0v) is 20.6. The van der Waals surface area contributed by atoms with Gasteiger partial charge in [0.05, 0.1) is 0 Å². The Morgan fingerprint density at radius 3 is 2.44 bits per heavy atom. The lowest BCUT2D eigenvalue weighted by molar-refractivity contribution is 0.0943. The zero-order chi connectivity index (χ0) is 23.4. The number of benzene rings is 1. The maximum absolute atomic E-state index is 12.6. The molecule has 2 saturated heterocycles. The Balaban J connectivity index is 1.10. The molecule has 0 radical (unpaired) electrons. The minimum atomic E-state index is -0.0146. The lowest BCUT2D eigenvalue weighted by Gasteiger charge is -2.32. The molecule has 34 heavy (non-hydrogen) atoms. The van der Waals surface area contributed by atoms with Crippen molar-refractivity contribution in [2.75, 3.05) is 57.7 Å². The van der Waals surface area contributed by atoms with Gasteiger partial charge in [-0.25, -0.2) is 4.98 Å². The molecule has 0 saturated carbocycles. The normalized spacial score (nSPS) is 18.0. The van der Waals surface area contributed by atoms with E-state index in [1.807, 2.05) is 6.07 Å². The minimum Gasteiger partial charge on any atom is -0.369 e. The molecule has 0 unspecified atom stereocenters. The number of rotatable bonds is 11. The Labute approximate surface area is 205 Å². The van der Waals surface area contributed by atoms with Gasteiger partial charge < -0.3 is 20.4 Å². The number of nitrogens with one attached hydrogen (secondary N) is 2. The molecule has 6 nitrogen and oxygen atoms in total. The smallest absolute Gasteiger partial charge is 0.251 e. The van der Waals surface area contributed by atoms with E-state index in [2.05, 4.69) is 55.7 Å². The van der Waals surface area contributed by atoms with Gasteiger partial charge in [-0.05, 0) is 88.3 Å². The van der Waals surface area contributed by atoms with Gasteiger partial charge in [0, 0.05) is 37.9 Å². The first-order chi connectivity index (χ1) is 16.8. The Morgan fingerprint density at radius 2 is 1.65 bits per heavy atom. The number of carbonyl (C=O) groups is 1. The summed E-state index contributed by atoms with van der Waals surface area (Å²) in [5, 5.41) is 6.47. The average molecular weight is 464 g/mol. The van der Waals surface area contributed by atoms with Crippen molar-refractivity contribution >= 4 is 11.7 Å². The predicted molar refractivity (Wildman–Crippen MR) is 139 cm³/mol. The molecular weight excluding hydrogens is 422 g/mol. The number of aryl methyl sites for hydroxylation is 1. The highest BCUT2D eigenvalue weighted by atomic mass is 16.1. The molecule has 4 rings (SSSR count). The summed E-state index contributed by atoms with van der Waals surface area (Å²) >= 11 is 0. The summed E-state index contributed by atoms with van der Waals surface area (Å²) in [7, 11) is 0. The fraction of sp³-hybridized carbons (Fsp3) is 0.571. The number of amides is 1. The van der Waals surface area contributed by atoms with Crippen molar-refractivity contribution in [3.05, 3.63) is 59.8 Å². The first-order valence-corrected chi connectivity index (χ1v) is 13.2. The van der Waals surface area contributed by atoms with E-state index < -0.39 is 0 Å². The highest BCUT2D eigenvalue weighted by Gasteiger charge is 2.19. The van der Waals surface area contributed by atoms with E-state index in [1.165, 1.54) is 63.6 Å². The third-order valence-electron chi connectivity index (χ3n) is 7.31.